The van der Waals surface area contributed by atoms with Crippen molar-refractivity contribution in [2.75, 3.05) is 12.1 Å². The van der Waals surface area contributed by atoms with Gasteiger partial charge in [0.15, 0.2) is 5.71 Å². The van der Waals surface area contributed by atoms with E-state index < -0.39 is 5.97 Å². The minimum atomic E-state index is -0.660. The van der Waals surface area contributed by atoms with Crippen LogP contribution in [0.5, 0.6) is 0 Å². The first-order chi connectivity index (χ1) is 11.2. The third kappa shape index (κ3) is 2.87. The van der Waals surface area contributed by atoms with Crippen molar-refractivity contribution in [1.82, 2.24) is 4.98 Å². The average Bonchev–Trinajstić information content (AvgIpc) is 2.93. The van der Waals surface area contributed by atoms with Crippen molar-refractivity contribution in [2.45, 2.75) is 0 Å². The van der Waals surface area contributed by atoms with Crippen LogP contribution < -0.4 is 5.01 Å². The predicted molar refractivity (Wildman–Crippen MR) is 85.6 cm³/mol. The summed E-state index contributed by atoms with van der Waals surface area (Å²) in [6.07, 6.45) is 4.80. The summed E-state index contributed by atoms with van der Waals surface area (Å²) in [5.41, 5.74) is 1.43. The van der Waals surface area contributed by atoms with Gasteiger partial charge in [0.05, 0.1) is 18.4 Å². The van der Waals surface area contributed by atoms with E-state index in [0.29, 0.717) is 11.3 Å². The van der Waals surface area contributed by atoms with Gasteiger partial charge < -0.3 is 4.74 Å². The molecule has 3 rings (SSSR count). The highest BCUT2D eigenvalue weighted by Crippen LogP contribution is 2.25. The second-order valence-corrected chi connectivity index (χ2v) is 4.74. The van der Waals surface area contributed by atoms with Crippen molar-refractivity contribution in [1.29, 1.82) is 0 Å². The van der Waals surface area contributed by atoms with Gasteiger partial charge in [-0.1, -0.05) is 24.3 Å². The molecule has 6 nitrogen and oxygen atoms in total. The van der Waals surface area contributed by atoms with E-state index in [9.17, 15) is 9.59 Å². The van der Waals surface area contributed by atoms with Gasteiger partial charge in [0.25, 0.3) is 5.91 Å². The maximum atomic E-state index is 12.7. The maximum absolute atomic E-state index is 12.7. The Morgan fingerprint density at radius 1 is 1.17 bits per heavy atom. The van der Waals surface area contributed by atoms with Crippen LogP contribution in [-0.4, -0.2) is 29.7 Å². The van der Waals surface area contributed by atoms with Gasteiger partial charge >= 0.3 is 5.97 Å². The van der Waals surface area contributed by atoms with E-state index >= 15 is 0 Å². The van der Waals surface area contributed by atoms with Gasteiger partial charge in [-0.2, -0.15) is 10.1 Å². The molecule has 0 atom stereocenters. The Balaban J connectivity index is 2.05. The Bertz CT molecular complexity index is 798. The van der Waals surface area contributed by atoms with Gasteiger partial charge in [0.1, 0.15) is 0 Å². The Morgan fingerprint density at radius 2 is 1.96 bits per heavy atom. The summed E-state index contributed by atoms with van der Waals surface area (Å²) in [4.78, 5) is 28.6. The molecular formula is C17H13N3O3. The lowest BCUT2D eigenvalue weighted by atomic mass is 10.1. The molecule has 2 aromatic rings. The number of methoxy groups -OCH3 is 1. The minimum absolute atomic E-state index is 0.0230. The molecule has 0 aliphatic carbocycles. The molecule has 23 heavy (non-hydrogen) atoms. The SMILES string of the molecule is COC(=O)C1=NN(c2ccccc2)C(=O)/C1=C\c1cccnc1. The second kappa shape index (κ2) is 6.23. The molecule has 0 saturated carbocycles. The van der Waals surface area contributed by atoms with Gasteiger partial charge in [-0.25, -0.2) is 4.79 Å². The first-order valence-electron chi connectivity index (χ1n) is 6.89. The van der Waals surface area contributed by atoms with Gasteiger partial charge in [-0.05, 0) is 29.8 Å². The molecule has 0 N–H and O–H groups in total. The largest absolute Gasteiger partial charge is 0.464 e. The highest BCUT2D eigenvalue weighted by Gasteiger charge is 2.35. The van der Waals surface area contributed by atoms with Crippen molar-refractivity contribution in [3.63, 3.8) is 0 Å². The van der Waals surface area contributed by atoms with Crippen LogP contribution in [0.25, 0.3) is 6.08 Å². The van der Waals surface area contributed by atoms with Crippen molar-refractivity contribution in [3.05, 3.63) is 66.0 Å². The summed E-state index contributed by atoms with van der Waals surface area (Å²) in [6.45, 7) is 0. The van der Waals surface area contributed by atoms with Crippen LogP contribution in [0.1, 0.15) is 5.56 Å². The molecule has 0 spiro atoms. The highest BCUT2D eigenvalue weighted by molar-refractivity contribution is 6.54. The van der Waals surface area contributed by atoms with Crippen LogP contribution in [0.15, 0.2) is 65.5 Å². The number of benzene rings is 1. The number of ether oxygens (including phenoxy) is 1. The number of amides is 1. The molecule has 1 aromatic carbocycles. The number of aromatic nitrogens is 1. The summed E-state index contributed by atoms with van der Waals surface area (Å²) >= 11 is 0. The third-order valence-corrected chi connectivity index (χ3v) is 3.25. The van der Waals surface area contributed by atoms with Crippen LogP contribution in [-0.2, 0) is 14.3 Å². The van der Waals surface area contributed by atoms with E-state index in [1.807, 2.05) is 6.07 Å². The van der Waals surface area contributed by atoms with Crippen molar-refractivity contribution in [2.24, 2.45) is 5.10 Å². The zero-order valence-corrected chi connectivity index (χ0v) is 12.3. The Labute approximate surface area is 132 Å². The van der Waals surface area contributed by atoms with Crippen molar-refractivity contribution in [3.8, 4) is 0 Å². The number of carbonyl (C=O) groups excluding carboxylic acids is 2. The first-order valence-corrected chi connectivity index (χ1v) is 6.89. The highest BCUT2D eigenvalue weighted by atomic mass is 16.5. The molecule has 114 valence electrons. The van der Waals surface area contributed by atoms with Crippen LogP contribution >= 0.6 is 0 Å². The lowest BCUT2D eigenvalue weighted by molar-refractivity contribution is -0.132. The molecule has 1 aliphatic heterocycles. The first kappa shape index (κ1) is 14.6. The molecule has 0 saturated heterocycles. The molecule has 0 unspecified atom stereocenters. The standard InChI is InChI=1S/C17H13N3O3/c1-23-17(22)15-14(10-12-6-5-9-18-11-12)16(21)20(19-15)13-7-3-2-4-8-13/h2-11H,1H3/b14-10-. The Hall–Kier alpha value is -3.28. The quantitative estimate of drug-likeness (QED) is 0.642. The van der Waals surface area contributed by atoms with Crippen LogP contribution in [0, 0.1) is 0 Å². The molecule has 6 heteroatoms. The van der Waals surface area contributed by atoms with Gasteiger partial charge in [-0.15, -0.1) is 0 Å². The van der Waals surface area contributed by atoms with Gasteiger partial charge in [-0.3, -0.25) is 9.78 Å². The van der Waals surface area contributed by atoms with E-state index in [1.54, 1.807) is 54.9 Å². The van der Waals surface area contributed by atoms with Crippen molar-refractivity contribution < 1.29 is 14.3 Å². The van der Waals surface area contributed by atoms with Gasteiger partial charge in [0, 0.05) is 12.4 Å². The van der Waals surface area contributed by atoms with E-state index in [0.717, 1.165) is 0 Å². The number of para-hydroxylation sites is 1. The molecule has 1 aliphatic rings. The molecule has 0 radical (unpaired) electrons. The van der Waals surface area contributed by atoms with Crippen LogP contribution in [0.2, 0.25) is 0 Å². The summed E-state index contributed by atoms with van der Waals surface area (Å²) < 4.78 is 4.73. The summed E-state index contributed by atoms with van der Waals surface area (Å²) in [7, 11) is 1.25. The van der Waals surface area contributed by atoms with Gasteiger partial charge in [0.2, 0.25) is 0 Å². The molecule has 2 heterocycles. The smallest absolute Gasteiger partial charge is 0.359 e. The number of nitrogens with zero attached hydrogens (tertiary/aromatic N) is 3. The number of hydrogen-bond donors (Lipinski definition) is 0. The monoisotopic (exact) mass is 307 g/mol. The number of esters is 1. The molecule has 0 fully saturated rings. The molecular weight excluding hydrogens is 294 g/mol. The number of hydrogen-bond acceptors (Lipinski definition) is 5. The summed E-state index contributed by atoms with van der Waals surface area (Å²) in [5.74, 6) is -1.05. The Morgan fingerprint density at radius 3 is 2.61 bits per heavy atom. The van der Waals surface area contributed by atoms with E-state index in [2.05, 4.69) is 10.1 Å². The fraction of sp³-hybridized carbons (Fsp3) is 0.0588. The number of rotatable bonds is 3. The van der Waals surface area contributed by atoms with E-state index in [-0.39, 0.29) is 17.2 Å². The number of anilines is 1. The number of pyridine rings is 1. The van der Waals surface area contributed by atoms with Crippen LogP contribution in [0.4, 0.5) is 5.69 Å². The topological polar surface area (TPSA) is 71.9 Å². The van der Waals surface area contributed by atoms with Crippen LogP contribution in [0.3, 0.4) is 0 Å². The number of hydrazone groups is 1. The average molecular weight is 307 g/mol. The molecule has 0 bridgehead atoms. The lowest BCUT2D eigenvalue weighted by Crippen LogP contribution is -2.22. The number of carbonyl (C=O) groups is 2. The molecule has 1 amide bonds. The minimum Gasteiger partial charge on any atom is -0.464 e. The fourth-order valence-electron chi connectivity index (χ4n) is 2.16. The summed E-state index contributed by atoms with van der Waals surface area (Å²) in [5, 5.41) is 5.31. The fourth-order valence-corrected chi connectivity index (χ4v) is 2.16. The lowest BCUT2D eigenvalue weighted by Gasteiger charge is -2.10. The van der Waals surface area contributed by atoms with E-state index in [4.69, 9.17) is 4.74 Å². The Kier molecular flexibility index (Phi) is 3.97. The van der Waals surface area contributed by atoms with Crippen molar-refractivity contribution >= 4 is 29.4 Å². The summed E-state index contributed by atoms with van der Waals surface area (Å²) in [6, 6.07) is 12.4. The zero-order valence-electron chi connectivity index (χ0n) is 12.3. The second-order valence-electron chi connectivity index (χ2n) is 4.74. The molecule has 1 aromatic heterocycles. The zero-order chi connectivity index (χ0) is 16.2. The van der Waals surface area contributed by atoms with E-state index in [1.165, 1.54) is 12.1 Å². The predicted octanol–water partition coefficient (Wildman–Crippen LogP) is 2.04. The third-order valence-electron chi connectivity index (χ3n) is 3.25. The maximum Gasteiger partial charge on any atom is 0.359 e. The normalized spacial score (nSPS) is 15.7.